The SMILES string of the molecule is CCCC(C)(C)CNC(=O)c1ccc(C(=O)O)nc1. The Morgan fingerprint density at radius 3 is 2.53 bits per heavy atom. The molecule has 1 aromatic rings. The van der Waals surface area contributed by atoms with Crippen molar-refractivity contribution in [1.29, 1.82) is 0 Å². The molecule has 0 aromatic carbocycles. The van der Waals surface area contributed by atoms with Gasteiger partial charge < -0.3 is 10.4 Å². The van der Waals surface area contributed by atoms with Crippen molar-refractivity contribution in [3.8, 4) is 0 Å². The number of aromatic nitrogens is 1. The van der Waals surface area contributed by atoms with E-state index >= 15 is 0 Å². The molecule has 0 fully saturated rings. The van der Waals surface area contributed by atoms with E-state index in [0.717, 1.165) is 12.8 Å². The monoisotopic (exact) mass is 264 g/mol. The van der Waals surface area contributed by atoms with Crippen LogP contribution < -0.4 is 5.32 Å². The van der Waals surface area contributed by atoms with Crippen LogP contribution in [0.15, 0.2) is 18.3 Å². The Morgan fingerprint density at radius 1 is 1.37 bits per heavy atom. The predicted molar refractivity (Wildman–Crippen MR) is 72.2 cm³/mol. The van der Waals surface area contributed by atoms with E-state index in [1.165, 1.54) is 18.3 Å². The van der Waals surface area contributed by atoms with Gasteiger partial charge in [0.1, 0.15) is 5.69 Å². The molecule has 0 atom stereocenters. The van der Waals surface area contributed by atoms with Gasteiger partial charge in [0, 0.05) is 12.7 Å². The lowest BCUT2D eigenvalue weighted by atomic mass is 9.88. The van der Waals surface area contributed by atoms with Crippen LogP contribution in [0.3, 0.4) is 0 Å². The topological polar surface area (TPSA) is 79.3 Å². The highest BCUT2D eigenvalue weighted by atomic mass is 16.4. The maximum atomic E-state index is 11.9. The lowest BCUT2D eigenvalue weighted by Gasteiger charge is -2.24. The van der Waals surface area contributed by atoms with Crippen LogP contribution in [-0.2, 0) is 0 Å². The number of amides is 1. The lowest BCUT2D eigenvalue weighted by Crippen LogP contribution is -2.34. The van der Waals surface area contributed by atoms with Gasteiger partial charge >= 0.3 is 5.97 Å². The van der Waals surface area contributed by atoms with Crippen molar-refractivity contribution < 1.29 is 14.7 Å². The number of carbonyl (C=O) groups is 2. The van der Waals surface area contributed by atoms with E-state index < -0.39 is 5.97 Å². The number of nitrogens with one attached hydrogen (secondary N) is 1. The van der Waals surface area contributed by atoms with Crippen LogP contribution in [0.4, 0.5) is 0 Å². The number of rotatable bonds is 6. The third-order valence-electron chi connectivity index (χ3n) is 2.90. The molecule has 0 unspecified atom stereocenters. The Hall–Kier alpha value is -1.91. The molecule has 1 aromatic heterocycles. The summed E-state index contributed by atoms with van der Waals surface area (Å²) in [4.78, 5) is 26.2. The van der Waals surface area contributed by atoms with Gasteiger partial charge in [-0.05, 0) is 24.0 Å². The van der Waals surface area contributed by atoms with Gasteiger partial charge in [-0.2, -0.15) is 0 Å². The molecule has 0 radical (unpaired) electrons. The molecule has 0 aliphatic heterocycles. The summed E-state index contributed by atoms with van der Waals surface area (Å²) in [5.74, 6) is -1.33. The third kappa shape index (κ3) is 4.69. The van der Waals surface area contributed by atoms with Gasteiger partial charge in [-0.3, -0.25) is 4.79 Å². The Balaban J connectivity index is 2.61. The number of carbonyl (C=O) groups excluding carboxylic acids is 1. The molecule has 0 saturated heterocycles. The first-order chi connectivity index (χ1) is 8.85. The van der Waals surface area contributed by atoms with Crippen molar-refractivity contribution in [2.45, 2.75) is 33.6 Å². The molecule has 5 heteroatoms. The maximum absolute atomic E-state index is 11.9. The predicted octanol–water partition coefficient (Wildman–Crippen LogP) is 2.34. The van der Waals surface area contributed by atoms with E-state index in [4.69, 9.17) is 5.11 Å². The van der Waals surface area contributed by atoms with Gasteiger partial charge in [0.15, 0.2) is 0 Å². The molecule has 5 nitrogen and oxygen atoms in total. The standard InChI is InChI=1S/C14H20N2O3/c1-4-7-14(2,3)9-16-12(17)10-5-6-11(13(18)19)15-8-10/h5-6,8H,4,7,9H2,1-3H3,(H,16,17)(H,18,19). The van der Waals surface area contributed by atoms with Crippen molar-refractivity contribution in [3.05, 3.63) is 29.6 Å². The van der Waals surface area contributed by atoms with Crippen LogP contribution in [0.1, 0.15) is 54.5 Å². The summed E-state index contributed by atoms with van der Waals surface area (Å²) in [5.41, 5.74) is 0.360. The quantitative estimate of drug-likeness (QED) is 0.826. The largest absolute Gasteiger partial charge is 0.477 e. The normalized spacial score (nSPS) is 11.1. The first kappa shape index (κ1) is 15.1. The molecule has 0 saturated carbocycles. The molecular formula is C14H20N2O3. The first-order valence-electron chi connectivity index (χ1n) is 6.33. The van der Waals surface area contributed by atoms with Crippen LogP contribution in [0.5, 0.6) is 0 Å². The summed E-state index contributed by atoms with van der Waals surface area (Å²) < 4.78 is 0. The molecule has 0 spiro atoms. The van der Waals surface area contributed by atoms with Gasteiger partial charge in [-0.15, -0.1) is 0 Å². The number of nitrogens with zero attached hydrogens (tertiary/aromatic N) is 1. The number of hydrogen-bond acceptors (Lipinski definition) is 3. The van der Waals surface area contributed by atoms with Crippen molar-refractivity contribution in [2.75, 3.05) is 6.54 Å². The van der Waals surface area contributed by atoms with E-state index in [0.29, 0.717) is 12.1 Å². The summed E-state index contributed by atoms with van der Waals surface area (Å²) in [6, 6.07) is 2.80. The minimum atomic E-state index is -1.10. The molecule has 1 amide bonds. The zero-order valence-electron chi connectivity index (χ0n) is 11.6. The van der Waals surface area contributed by atoms with Gasteiger partial charge in [0.2, 0.25) is 0 Å². The zero-order valence-corrected chi connectivity index (χ0v) is 11.6. The van der Waals surface area contributed by atoms with Crippen molar-refractivity contribution in [1.82, 2.24) is 10.3 Å². The number of aromatic carboxylic acids is 1. The van der Waals surface area contributed by atoms with E-state index in [-0.39, 0.29) is 17.0 Å². The molecule has 0 aliphatic carbocycles. The number of carboxylic acids is 1. The Morgan fingerprint density at radius 2 is 2.05 bits per heavy atom. The zero-order chi connectivity index (χ0) is 14.5. The summed E-state index contributed by atoms with van der Waals surface area (Å²) in [7, 11) is 0. The van der Waals surface area contributed by atoms with Crippen molar-refractivity contribution in [2.24, 2.45) is 5.41 Å². The fourth-order valence-electron chi connectivity index (χ4n) is 1.84. The second-order valence-electron chi connectivity index (χ2n) is 5.33. The highest BCUT2D eigenvalue weighted by Gasteiger charge is 2.18. The van der Waals surface area contributed by atoms with Gasteiger partial charge in [0.05, 0.1) is 5.56 Å². The van der Waals surface area contributed by atoms with Crippen molar-refractivity contribution in [3.63, 3.8) is 0 Å². The second kappa shape index (κ2) is 6.31. The number of hydrogen-bond donors (Lipinski definition) is 2. The second-order valence-corrected chi connectivity index (χ2v) is 5.33. The number of pyridine rings is 1. The molecule has 1 rings (SSSR count). The third-order valence-corrected chi connectivity index (χ3v) is 2.90. The first-order valence-corrected chi connectivity index (χ1v) is 6.33. The fourth-order valence-corrected chi connectivity index (χ4v) is 1.84. The fraction of sp³-hybridized carbons (Fsp3) is 0.500. The van der Waals surface area contributed by atoms with Crippen LogP contribution in [0.2, 0.25) is 0 Å². The summed E-state index contributed by atoms with van der Waals surface area (Å²) in [6.45, 7) is 6.89. The highest BCUT2D eigenvalue weighted by Crippen LogP contribution is 2.20. The molecule has 104 valence electrons. The maximum Gasteiger partial charge on any atom is 0.354 e. The van der Waals surface area contributed by atoms with Gasteiger partial charge in [-0.25, -0.2) is 9.78 Å². The van der Waals surface area contributed by atoms with Crippen LogP contribution in [-0.4, -0.2) is 28.5 Å². The average Bonchev–Trinajstić information content (AvgIpc) is 2.36. The molecule has 1 heterocycles. The molecular weight excluding hydrogens is 244 g/mol. The van der Waals surface area contributed by atoms with Crippen molar-refractivity contribution >= 4 is 11.9 Å². The summed E-state index contributed by atoms with van der Waals surface area (Å²) in [6.07, 6.45) is 3.38. The van der Waals surface area contributed by atoms with E-state index in [1.807, 2.05) is 0 Å². The Bertz CT molecular complexity index is 452. The number of carboxylic acid groups (broad SMARTS) is 1. The lowest BCUT2D eigenvalue weighted by molar-refractivity contribution is 0.0689. The smallest absolute Gasteiger partial charge is 0.354 e. The Kier molecular flexibility index (Phi) is 5.03. The van der Waals surface area contributed by atoms with E-state index in [2.05, 4.69) is 31.1 Å². The summed E-state index contributed by atoms with van der Waals surface area (Å²) >= 11 is 0. The molecule has 0 bridgehead atoms. The summed E-state index contributed by atoms with van der Waals surface area (Å²) in [5, 5.41) is 11.6. The van der Waals surface area contributed by atoms with Crippen LogP contribution in [0.25, 0.3) is 0 Å². The minimum Gasteiger partial charge on any atom is -0.477 e. The highest BCUT2D eigenvalue weighted by molar-refractivity contribution is 5.94. The molecule has 0 aliphatic rings. The van der Waals surface area contributed by atoms with Gasteiger partial charge in [0.25, 0.3) is 5.91 Å². The van der Waals surface area contributed by atoms with Crippen LogP contribution in [0, 0.1) is 5.41 Å². The van der Waals surface area contributed by atoms with E-state index in [1.54, 1.807) is 0 Å². The molecule has 19 heavy (non-hydrogen) atoms. The Labute approximate surface area is 113 Å². The molecule has 2 N–H and O–H groups in total. The van der Waals surface area contributed by atoms with E-state index in [9.17, 15) is 9.59 Å². The average molecular weight is 264 g/mol. The van der Waals surface area contributed by atoms with Gasteiger partial charge in [-0.1, -0.05) is 27.2 Å². The van der Waals surface area contributed by atoms with Crippen LogP contribution >= 0.6 is 0 Å². The minimum absolute atomic E-state index is 0.0544.